The van der Waals surface area contributed by atoms with Crippen LogP contribution in [0.15, 0.2) is 66.9 Å². The minimum absolute atomic E-state index is 0.198. The lowest BCUT2D eigenvalue weighted by atomic mass is 10.0. The number of carbonyl (C=O) groups excluding carboxylic acids is 2. The van der Waals surface area contributed by atoms with Gasteiger partial charge in [-0.25, -0.2) is 0 Å². The Morgan fingerprint density at radius 3 is 2.50 bits per heavy atom. The number of rotatable bonds is 8. The van der Waals surface area contributed by atoms with Gasteiger partial charge >= 0.3 is 0 Å². The van der Waals surface area contributed by atoms with Crippen LogP contribution in [0.2, 0.25) is 0 Å². The van der Waals surface area contributed by atoms with E-state index in [0.717, 1.165) is 16.3 Å². The van der Waals surface area contributed by atoms with E-state index < -0.39 is 12.1 Å². The third-order valence-electron chi connectivity index (χ3n) is 6.13. The third kappa shape index (κ3) is 5.98. The molecule has 2 unspecified atom stereocenters. The standard InChI is InChI=1S/C27H32N4O3/c1-18(2)12-23(29-26(33)22-13-20-10-6-7-11-21(20)14-28-22)27(34)30-24-16-31(17-25(24)32)15-19-8-4-3-5-9-19/h3-11,13-14,18,23-25,32H,12,15-17H2,1-2H3,(H,29,33)(H,30,34)/t23-,24?,25?/m0/s1. The van der Waals surface area contributed by atoms with Crippen LogP contribution in [0.1, 0.15) is 36.3 Å². The summed E-state index contributed by atoms with van der Waals surface area (Å²) in [6.45, 7) is 5.77. The van der Waals surface area contributed by atoms with Crippen LogP contribution in [0, 0.1) is 5.92 Å². The molecule has 2 heterocycles. The minimum atomic E-state index is -0.712. The molecule has 2 amide bonds. The number of benzene rings is 2. The Morgan fingerprint density at radius 1 is 1.06 bits per heavy atom. The van der Waals surface area contributed by atoms with Crippen LogP contribution in [-0.4, -0.2) is 58.1 Å². The Morgan fingerprint density at radius 2 is 1.76 bits per heavy atom. The van der Waals surface area contributed by atoms with E-state index in [1.54, 1.807) is 12.3 Å². The molecule has 178 valence electrons. The van der Waals surface area contributed by atoms with Crippen LogP contribution in [0.3, 0.4) is 0 Å². The van der Waals surface area contributed by atoms with E-state index in [9.17, 15) is 14.7 Å². The number of hydrogen-bond acceptors (Lipinski definition) is 5. The molecule has 7 heteroatoms. The van der Waals surface area contributed by atoms with E-state index in [2.05, 4.69) is 20.5 Å². The number of likely N-dealkylation sites (tertiary alicyclic amines) is 1. The van der Waals surface area contributed by atoms with Crippen molar-refractivity contribution in [3.8, 4) is 0 Å². The first kappa shape index (κ1) is 23.9. The van der Waals surface area contributed by atoms with Gasteiger partial charge in [0.2, 0.25) is 5.91 Å². The number of nitrogens with zero attached hydrogens (tertiary/aromatic N) is 2. The molecule has 0 aliphatic carbocycles. The smallest absolute Gasteiger partial charge is 0.270 e. The molecule has 3 atom stereocenters. The highest BCUT2D eigenvalue weighted by molar-refractivity contribution is 5.98. The Labute approximate surface area is 200 Å². The van der Waals surface area contributed by atoms with Gasteiger partial charge in [-0.3, -0.25) is 19.5 Å². The van der Waals surface area contributed by atoms with Crippen LogP contribution in [0.5, 0.6) is 0 Å². The number of β-amino-alcohol motifs (C(OH)–C–C–N with tert-alkyl or cyclic N) is 1. The van der Waals surface area contributed by atoms with Crippen molar-refractivity contribution >= 4 is 22.6 Å². The second-order valence-electron chi connectivity index (χ2n) is 9.43. The molecule has 1 aliphatic rings. The van der Waals surface area contributed by atoms with Crippen LogP contribution in [-0.2, 0) is 11.3 Å². The molecular weight excluding hydrogens is 428 g/mol. The zero-order valence-corrected chi connectivity index (χ0v) is 19.6. The van der Waals surface area contributed by atoms with Gasteiger partial charge in [-0.2, -0.15) is 0 Å². The summed E-state index contributed by atoms with van der Waals surface area (Å²) < 4.78 is 0. The Bertz CT molecular complexity index is 1130. The van der Waals surface area contributed by atoms with E-state index in [1.165, 1.54) is 0 Å². The zero-order valence-electron chi connectivity index (χ0n) is 19.6. The van der Waals surface area contributed by atoms with Gasteiger partial charge < -0.3 is 15.7 Å². The van der Waals surface area contributed by atoms with Gasteiger partial charge in [-0.05, 0) is 29.4 Å². The molecule has 0 saturated carbocycles. The maximum Gasteiger partial charge on any atom is 0.270 e. The fraction of sp³-hybridized carbons (Fsp3) is 0.370. The van der Waals surface area contributed by atoms with Crippen molar-refractivity contribution in [3.05, 3.63) is 78.1 Å². The molecule has 3 N–H and O–H groups in total. The SMILES string of the molecule is CC(C)C[C@H](NC(=O)c1cc2ccccc2cn1)C(=O)NC1CN(Cc2ccccc2)CC1O. The maximum atomic E-state index is 13.1. The topological polar surface area (TPSA) is 94.6 Å². The highest BCUT2D eigenvalue weighted by Gasteiger charge is 2.34. The van der Waals surface area contributed by atoms with Crippen molar-refractivity contribution in [1.82, 2.24) is 20.5 Å². The number of aliphatic hydroxyl groups excluding tert-OH is 1. The second-order valence-corrected chi connectivity index (χ2v) is 9.43. The fourth-order valence-corrected chi connectivity index (χ4v) is 4.40. The van der Waals surface area contributed by atoms with Gasteiger partial charge in [0.15, 0.2) is 0 Å². The van der Waals surface area contributed by atoms with Crippen molar-refractivity contribution in [2.24, 2.45) is 5.92 Å². The van der Waals surface area contributed by atoms with E-state index in [4.69, 9.17) is 0 Å². The monoisotopic (exact) mass is 460 g/mol. The summed E-state index contributed by atoms with van der Waals surface area (Å²) in [5.41, 5.74) is 1.43. The normalized spacial score (nSPS) is 19.3. The molecule has 1 aliphatic heterocycles. The Hall–Kier alpha value is -3.29. The van der Waals surface area contributed by atoms with Crippen molar-refractivity contribution < 1.29 is 14.7 Å². The van der Waals surface area contributed by atoms with Gasteiger partial charge in [0, 0.05) is 31.2 Å². The lowest BCUT2D eigenvalue weighted by Gasteiger charge is -2.23. The highest BCUT2D eigenvalue weighted by Crippen LogP contribution is 2.16. The quantitative estimate of drug-likeness (QED) is 0.481. The average Bonchev–Trinajstić information content (AvgIpc) is 3.16. The molecule has 0 radical (unpaired) electrons. The number of aliphatic hydroxyl groups is 1. The van der Waals surface area contributed by atoms with E-state index in [-0.39, 0.29) is 29.5 Å². The zero-order chi connectivity index (χ0) is 24.1. The number of aromatic nitrogens is 1. The first-order valence-electron chi connectivity index (χ1n) is 11.8. The summed E-state index contributed by atoms with van der Waals surface area (Å²) >= 11 is 0. The number of fused-ring (bicyclic) bond motifs is 1. The highest BCUT2D eigenvalue weighted by atomic mass is 16.3. The molecule has 34 heavy (non-hydrogen) atoms. The molecule has 1 fully saturated rings. The molecule has 1 aromatic heterocycles. The Balaban J connectivity index is 1.40. The molecule has 1 saturated heterocycles. The fourth-order valence-electron chi connectivity index (χ4n) is 4.40. The summed E-state index contributed by atoms with van der Waals surface area (Å²) in [5, 5.41) is 18.3. The van der Waals surface area contributed by atoms with E-state index >= 15 is 0 Å². The number of carbonyl (C=O) groups is 2. The first-order valence-corrected chi connectivity index (χ1v) is 11.8. The third-order valence-corrected chi connectivity index (χ3v) is 6.13. The molecular formula is C27H32N4O3. The summed E-state index contributed by atoms with van der Waals surface area (Å²) in [6.07, 6.45) is 1.49. The van der Waals surface area contributed by atoms with Crippen LogP contribution in [0.25, 0.3) is 10.8 Å². The maximum absolute atomic E-state index is 13.1. The largest absolute Gasteiger partial charge is 0.390 e. The summed E-state index contributed by atoms with van der Waals surface area (Å²) in [5.74, 6) is -0.471. The van der Waals surface area contributed by atoms with Crippen LogP contribution >= 0.6 is 0 Å². The van der Waals surface area contributed by atoms with Gasteiger partial charge in [-0.15, -0.1) is 0 Å². The Kier molecular flexibility index (Phi) is 7.55. The van der Waals surface area contributed by atoms with Gasteiger partial charge in [0.05, 0.1) is 12.1 Å². The summed E-state index contributed by atoms with van der Waals surface area (Å²) in [6, 6.07) is 18.4. The number of amides is 2. The van der Waals surface area contributed by atoms with Crippen molar-refractivity contribution in [2.75, 3.05) is 13.1 Å². The summed E-state index contributed by atoms with van der Waals surface area (Å²) in [7, 11) is 0. The molecule has 0 bridgehead atoms. The lowest BCUT2D eigenvalue weighted by molar-refractivity contribution is -0.124. The van der Waals surface area contributed by atoms with Gasteiger partial charge in [0.25, 0.3) is 5.91 Å². The predicted molar refractivity (Wildman–Crippen MR) is 132 cm³/mol. The summed E-state index contributed by atoms with van der Waals surface area (Å²) in [4.78, 5) is 32.5. The van der Waals surface area contributed by atoms with E-state index in [1.807, 2.05) is 68.4 Å². The first-order chi connectivity index (χ1) is 16.4. The average molecular weight is 461 g/mol. The molecule has 0 spiro atoms. The molecule has 4 rings (SSSR count). The van der Waals surface area contributed by atoms with Gasteiger partial charge in [0.1, 0.15) is 11.7 Å². The van der Waals surface area contributed by atoms with Crippen LogP contribution in [0.4, 0.5) is 0 Å². The number of pyridine rings is 1. The van der Waals surface area contributed by atoms with Crippen molar-refractivity contribution in [3.63, 3.8) is 0 Å². The molecule has 2 aromatic carbocycles. The lowest BCUT2D eigenvalue weighted by Crippen LogP contribution is -2.53. The molecule has 3 aromatic rings. The van der Waals surface area contributed by atoms with Crippen molar-refractivity contribution in [2.45, 2.75) is 45.0 Å². The number of nitrogens with one attached hydrogen (secondary N) is 2. The van der Waals surface area contributed by atoms with Crippen molar-refractivity contribution in [1.29, 1.82) is 0 Å². The predicted octanol–water partition coefficient (Wildman–Crippen LogP) is 2.74. The van der Waals surface area contributed by atoms with Crippen LogP contribution < -0.4 is 10.6 Å². The van der Waals surface area contributed by atoms with E-state index in [0.29, 0.717) is 26.1 Å². The van der Waals surface area contributed by atoms with Gasteiger partial charge in [-0.1, -0.05) is 68.4 Å². The number of hydrogen-bond donors (Lipinski definition) is 3. The second kappa shape index (κ2) is 10.8. The minimum Gasteiger partial charge on any atom is -0.390 e. The molecule has 7 nitrogen and oxygen atoms in total.